The number of hydrogen-bond donors (Lipinski definition) is 4. The summed E-state index contributed by atoms with van der Waals surface area (Å²) in [5.74, 6) is 1.80. The third kappa shape index (κ3) is 4.61. The normalized spacial score (nSPS) is 12.5. The molecule has 1 amide bonds. The number of anilines is 5. The Kier molecular flexibility index (Phi) is 5.53. The molecule has 5 aromatic rings. The molecular formula is C28H25N7O. The number of nitrogens with zero attached hydrogens (tertiary/aromatic N) is 3. The third-order valence-corrected chi connectivity index (χ3v) is 6.25. The van der Waals surface area contributed by atoms with Crippen molar-refractivity contribution in [3.8, 4) is 0 Å². The van der Waals surface area contributed by atoms with E-state index in [1.54, 1.807) is 6.20 Å². The molecule has 1 aliphatic heterocycles. The van der Waals surface area contributed by atoms with Gasteiger partial charge in [0.1, 0.15) is 11.6 Å². The summed E-state index contributed by atoms with van der Waals surface area (Å²) in [6.07, 6.45) is 3.56. The van der Waals surface area contributed by atoms with Crippen LogP contribution in [0.4, 0.5) is 28.8 Å². The van der Waals surface area contributed by atoms with E-state index in [0.29, 0.717) is 11.8 Å². The molecule has 178 valence electrons. The molecule has 0 radical (unpaired) electrons. The highest BCUT2D eigenvalue weighted by molar-refractivity contribution is 5.93. The molecule has 1 aliphatic rings. The van der Waals surface area contributed by atoms with E-state index in [0.717, 1.165) is 57.9 Å². The Morgan fingerprint density at radius 2 is 1.83 bits per heavy atom. The van der Waals surface area contributed by atoms with Gasteiger partial charge in [-0.2, -0.15) is 4.98 Å². The van der Waals surface area contributed by atoms with Gasteiger partial charge in [-0.05, 0) is 73.4 Å². The summed E-state index contributed by atoms with van der Waals surface area (Å²) in [6.45, 7) is 1.97. The van der Waals surface area contributed by atoms with Crippen molar-refractivity contribution in [1.82, 2.24) is 19.9 Å². The van der Waals surface area contributed by atoms with Crippen molar-refractivity contribution >= 4 is 45.8 Å². The minimum atomic E-state index is -0.114. The Balaban J connectivity index is 1.30. The van der Waals surface area contributed by atoms with Crippen LogP contribution in [0.15, 0.2) is 72.9 Å². The average Bonchev–Trinajstić information content (AvgIpc) is 3.28. The summed E-state index contributed by atoms with van der Waals surface area (Å²) < 4.78 is 0. The topological polar surface area (TPSA) is 108 Å². The fraction of sp³-hybridized carbons (Fsp3) is 0.143. The van der Waals surface area contributed by atoms with E-state index >= 15 is 0 Å². The lowest BCUT2D eigenvalue weighted by atomic mass is 10.0. The number of carbonyl (C=O) groups is 1. The molecule has 8 nitrogen and oxygen atoms in total. The van der Waals surface area contributed by atoms with Crippen LogP contribution in [-0.4, -0.2) is 25.8 Å². The molecule has 6 bridgehead atoms. The maximum absolute atomic E-state index is 12.9. The van der Waals surface area contributed by atoms with Crippen LogP contribution in [0.3, 0.4) is 0 Å². The standard InChI is InChI=1S/C28H25N7O/c1-17-16-29-28-31-20-6-4-5-18(13-20)9-10-19-14-21(30-27(17)35-28)11-12-22(19)34-26(36)15-25-32-23-7-2-3-8-24(23)33-25/h2-8,11-14,16H,9-10,15H2,1H3,(H,32,33)(H,34,36)(H2,29,30,31,35). The minimum absolute atomic E-state index is 0.114. The van der Waals surface area contributed by atoms with E-state index in [2.05, 4.69) is 54.1 Å². The highest BCUT2D eigenvalue weighted by atomic mass is 16.1. The maximum Gasteiger partial charge on any atom is 0.231 e. The first kappa shape index (κ1) is 21.8. The number of aromatic amines is 1. The number of benzene rings is 3. The molecular weight excluding hydrogens is 450 g/mol. The number of H-pyrrole nitrogens is 1. The Hall–Kier alpha value is -4.72. The molecule has 8 heteroatoms. The lowest BCUT2D eigenvalue weighted by Gasteiger charge is -2.15. The van der Waals surface area contributed by atoms with Gasteiger partial charge in [-0.3, -0.25) is 4.79 Å². The first-order valence-electron chi connectivity index (χ1n) is 11.9. The van der Waals surface area contributed by atoms with Crippen LogP contribution in [0, 0.1) is 6.92 Å². The number of aromatic nitrogens is 4. The molecule has 0 fully saturated rings. The molecule has 0 unspecified atom stereocenters. The van der Waals surface area contributed by atoms with E-state index in [-0.39, 0.29) is 12.3 Å². The minimum Gasteiger partial charge on any atom is -0.342 e. The fourth-order valence-electron chi connectivity index (χ4n) is 4.41. The number of carbonyl (C=O) groups excluding carboxylic acids is 1. The van der Waals surface area contributed by atoms with Crippen molar-refractivity contribution in [3.05, 3.63) is 95.4 Å². The van der Waals surface area contributed by atoms with Gasteiger partial charge in [0.15, 0.2) is 0 Å². The van der Waals surface area contributed by atoms with E-state index in [1.807, 2.05) is 55.5 Å². The van der Waals surface area contributed by atoms with Crippen molar-refractivity contribution in [2.24, 2.45) is 0 Å². The molecule has 0 atom stereocenters. The molecule has 4 N–H and O–H groups in total. The number of rotatable bonds is 3. The van der Waals surface area contributed by atoms with Crippen LogP contribution in [-0.2, 0) is 24.1 Å². The van der Waals surface area contributed by atoms with Crippen LogP contribution in [0.25, 0.3) is 11.0 Å². The van der Waals surface area contributed by atoms with E-state index in [9.17, 15) is 4.79 Å². The Morgan fingerprint density at radius 1 is 0.944 bits per heavy atom. The molecule has 2 aromatic heterocycles. The van der Waals surface area contributed by atoms with Gasteiger partial charge in [0.2, 0.25) is 11.9 Å². The Bertz CT molecular complexity index is 1560. The molecule has 0 saturated carbocycles. The molecule has 0 aliphatic carbocycles. The number of amides is 1. The molecule has 0 saturated heterocycles. The lowest BCUT2D eigenvalue weighted by Crippen LogP contribution is -2.16. The second-order valence-corrected chi connectivity index (χ2v) is 8.97. The van der Waals surface area contributed by atoms with Crippen molar-refractivity contribution < 1.29 is 4.79 Å². The molecule has 6 rings (SSSR count). The second-order valence-electron chi connectivity index (χ2n) is 8.97. The van der Waals surface area contributed by atoms with Gasteiger partial charge < -0.3 is 20.9 Å². The van der Waals surface area contributed by atoms with Gasteiger partial charge in [0.25, 0.3) is 0 Å². The first-order chi connectivity index (χ1) is 17.6. The predicted octanol–water partition coefficient (Wildman–Crippen LogP) is 5.43. The maximum atomic E-state index is 12.9. The molecule has 3 aromatic carbocycles. The SMILES string of the molecule is Cc1cnc2nc1Nc1ccc(NC(=O)Cc3nc4ccccc4[nH]3)c(c1)CCc1cccc(c1)N2. The van der Waals surface area contributed by atoms with Crippen LogP contribution < -0.4 is 16.0 Å². The Morgan fingerprint density at radius 3 is 2.75 bits per heavy atom. The quantitative estimate of drug-likeness (QED) is 0.277. The zero-order valence-corrected chi connectivity index (χ0v) is 19.8. The summed E-state index contributed by atoms with van der Waals surface area (Å²) in [4.78, 5) is 29.8. The van der Waals surface area contributed by atoms with Gasteiger partial charge in [0, 0.05) is 28.8 Å². The zero-order chi connectivity index (χ0) is 24.5. The molecule has 36 heavy (non-hydrogen) atoms. The number of hydrogen-bond acceptors (Lipinski definition) is 6. The number of imidazole rings is 1. The zero-order valence-electron chi connectivity index (χ0n) is 19.8. The van der Waals surface area contributed by atoms with Gasteiger partial charge in [-0.1, -0.05) is 24.3 Å². The highest BCUT2D eigenvalue weighted by Crippen LogP contribution is 2.28. The Labute approximate surface area is 208 Å². The summed E-state index contributed by atoms with van der Waals surface area (Å²) in [5.41, 5.74) is 7.58. The largest absolute Gasteiger partial charge is 0.342 e. The summed E-state index contributed by atoms with van der Waals surface area (Å²) >= 11 is 0. The molecule has 0 spiro atoms. The van der Waals surface area contributed by atoms with Crippen LogP contribution in [0.1, 0.15) is 22.5 Å². The van der Waals surface area contributed by atoms with Gasteiger partial charge in [-0.15, -0.1) is 0 Å². The van der Waals surface area contributed by atoms with Gasteiger partial charge in [0.05, 0.1) is 17.5 Å². The number of para-hydroxylation sites is 2. The van der Waals surface area contributed by atoms with Crippen LogP contribution in [0.5, 0.6) is 0 Å². The number of aryl methyl sites for hydroxylation is 3. The van der Waals surface area contributed by atoms with Crippen LogP contribution in [0.2, 0.25) is 0 Å². The van der Waals surface area contributed by atoms with E-state index in [1.165, 1.54) is 5.56 Å². The summed E-state index contributed by atoms with van der Waals surface area (Å²) in [6, 6.07) is 22.0. The van der Waals surface area contributed by atoms with E-state index in [4.69, 9.17) is 0 Å². The van der Waals surface area contributed by atoms with Crippen LogP contribution >= 0.6 is 0 Å². The highest BCUT2D eigenvalue weighted by Gasteiger charge is 2.14. The molecule has 3 heterocycles. The monoisotopic (exact) mass is 475 g/mol. The third-order valence-electron chi connectivity index (χ3n) is 6.25. The first-order valence-corrected chi connectivity index (χ1v) is 11.9. The summed E-state index contributed by atoms with van der Waals surface area (Å²) in [7, 11) is 0. The number of fused-ring (bicyclic) bond motifs is 7. The smallest absolute Gasteiger partial charge is 0.231 e. The van der Waals surface area contributed by atoms with Crippen molar-refractivity contribution in [3.63, 3.8) is 0 Å². The summed E-state index contributed by atoms with van der Waals surface area (Å²) in [5, 5.41) is 9.81. The van der Waals surface area contributed by atoms with Gasteiger partial charge >= 0.3 is 0 Å². The van der Waals surface area contributed by atoms with Crippen molar-refractivity contribution in [2.45, 2.75) is 26.2 Å². The number of nitrogens with one attached hydrogen (secondary N) is 4. The lowest BCUT2D eigenvalue weighted by molar-refractivity contribution is -0.115. The predicted molar refractivity (Wildman–Crippen MR) is 142 cm³/mol. The van der Waals surface area contributed by atoms with Crippen molar-refractivity contribution in [2.75, 3.05) is 16.0 Å². The van der Waals surface area contributed by atoms with E-state index < -0.39 is 0 Å². The fourth-order valence-corrected chi connectivity index (χ4v) is 4.41. The van der Waals surface area contributed by atoms with Gasteiger partial charge in [-0.25, -0.2) is 9.97 Å². The van der Waals surface area contributed by atoms with Crippen molar-refractivity contribution in [1.29, 1.82) is 0 Å². The second kappa shape index (κ2) is 9.14. The average molecular weight is 476 g/mol.